The first-order chi connectivity index (χ1) is 9.11. The molecule has 0 aliphatic heterocycles. The molecule has 1 rings (SSSR count). The van der Waals surface area contributed by atoms with Gasteiger partial charge in [0.1, 0.15) is 5.75 Å². The Morgan fingerprint density at radius 2 is 2.16 bits per heavy atom. The Hall–Kier alpha value is -1.06. The van der Waals surface area contributed by atoms with Crippen LogP contribution in [0, 0.1) is 6.92 Å². The molecule has 0 radical (unpaired) electrons. The van der Waals surface area contributed by atoms with E-state index in [1.807, 2.05) is 12.1 Å². The predicted octanol–water partition coefficient (Wildman–Crippen LogP) is 2.69. The Balaban J connectivity index is 2.08. The molecule has 0 saturated carbocycles. The molecule has 0 aliphatic carbocycles. The van der Waals surface area contributed by atoms with Crippen molar-refractivity contribution in [1.82, 2.24) is 10.2 Å². The molecular formula is C16H28N2O. The van der Waals surface area contributed by atoms with Crippen molar-refractivity contribution >= 4 is 0 Å². The van der Waals surface area contributed by atoms with Gasteiger partial charge in [0, 0.05) is 12.6 Å². The van der Waals surface area contributed by atoms with Crippen LogP contribution in [0.1, 0.15) is 25.8 Å². The van der Waals surface area contributed by atoms with Crippen molar-refractivity contribution < 1.29 is 4.74 Å². The zero-order valence-corrected chi connectivity index (χ0v) is 12.8. The molecule has 0 aliphatic rings. The fraction of sp³-hybridized carbons (Fsp3) is 0.625. The molecule has 1 atom stereocenters. The minimum Gasteiger partial charge on any atom is -0.494 e. The van der Waals surface area contributed by atoms with E-state index in [2.05, 4.69) is 50.2 Å². The van der Waals surface area contributed by atoms with Gasteiger partial charge in [0.15, 0.2) is 0 Å². The first-order valence-electron chi connectivity index (χ1n) is 7.23. The van der Waals surface area contributed by atoms with Gasteiger partial charge in [-0.3, -0.25) is 0 Å². The third-order valence-electron chi connectivity index (χ3n) is 3.20. The Bertz CT molecular complexity index is 354. The zero-order valence-electron chi connectivity index (χ0n) is 12.8. The van der Waals surface area contributed by atoms with E-state index in [1.54, 1.807) is 0 Å². The number of nitrogens with one attached hydrogen (secondary N) is 1. The molecule has 0 spiro atoms. The molecule has 3 heteroatoms. The van der Waals surface area contributed by atoms with Gasteiger partial charge in [-0.15, -0.1) is 0 Å². The van der Waals surface area contributed by atoms with E-state index in [1.165, 1.54) is 5.56 Å². The highest BCUT2D eigenvalue weighted by molar-refractivity contribution is 5.27. The van der Waals surface area contributed by atoms with Crippen molar-refractivity contribution in [3.8, 4) is 5.75 Å². The van der Waals surface area contributed by atoms with Crippen molar-refractivity contribution in [3.63, 3.8) is 0 Å². The molecule has 108 valence electrons. The molecule has 0 bridgehead atoms. The first kappa shape index (κ1) is 16.0. The van der Waals surface area contributed by atoms with Gasteiger partial charge in [0.2, 0.25) is 0 Å². The second kappa shape index (κ2) is 8.94. The van der Waals surface area contributed by atoms with Crippen LogP contribution < -0.4 is 10.1 Å². The number of hydrogen-bond donors (Lipinski definition) is 1. The van der Waals surface area contributed by atoms with E-state index < -0.39 is 0 Å². The fourth-order valence-electron chi connectivity index (χ4n) is 1.98. The van der Waals surface area contributed by atoms with Gasteiger partial charge < -0.3 is 15.0 Å². The van der Waals surface area contributed by atoms with Crippen LogP contribution in [0.5, 0.6) is 5.75 Å². The van der Waals surface area contributed by atoms with E-state index in [4.69, 9.17) is 4.74 Å². The van der Waals surface area contributed by atoms with Crippen molar-refractivity contribution in [2.45, 2.75) is 33.2 Å². The molecule has 1 N–H and O–H groups in total. The maximum Gasteiger partial charge on any atom is 0.119 e. The third-order valence-corrected chi connectivity index (χ3v) is 3.20. The van der Waals surface area contributed by atoms with Crippen LogP contribution in [0.25, 0.3) is 0 Å². The SMILES string of the molecule is CCN(C)CC(C)NCCCOc1cccc(C)c1. The average Bonchev–Trinajstić information content (AvgIpc) is 2.38. The molecule has 0 saturated heterocycles. The highest BCUT2D eigenvalue weighted by Crippen LogP contribution is 2.12. The average molecular weight is 264 g/mol. The summed E-state index contributed by atoms with van der Waals surface area (Å²) >= 11 is 0. The molecule has 1 unspecified atom stereocenters. The quantitative estimate of drug-likeness (QED) is 0.694. The number of hydrogen-bond acceptors (Lipinski definition) is 3. The van der Waals surface area contributed by atoms with Crippen molar-refractivity contribution in [2.75, 3.05) is 33.3 Å². The van der Waals surface area contributed by atoms with Crippen LogP contribution in [-0.2, 0) is 0 Å². The molecule has 0 fully saturated rings. The van der Waals surface area contributed by atoms with Crippen LogP contribution in [0.3, 0.4) is 0 Å². The first-order valence-corrected chi connectivity index (χ1v) is 7.23. The fourth-order valence-corrected chi connectivity index (χ4v) is 1.98. The zero-order chi connectivity index (χ0) is 14.1. The van der Waals surface area contributed by atoms with Crippen LogP contribution >= 0.6 is 0 Å². The summed E-state index contributed by atoms with van der Waals surface area (Å²) in [6.45, 7) is 10.5. The summed E-state index contributed by atoms with van der Waals surface area (Å²) in [6.07, 6.45) is 1.04. The van der Waals surface area contributed by atoms with E-state index in [9.17, 15) is 0 Å². The summed E-state index contributed by atoms with van der Waals surface area (Å²) in [4.78, 5) is 2.32. The Kier molecular flexibility index (Phi) is 7.53. The number of nitrogens with zero attached hydrogens (tertiary/aromatic N) is 1. The smallest absolute Gasteiger partial charge is 0.119 e. The molecular weight excluding hydrogens is 236 g/mol. The highest BCUT2D eigenvalue weighted by atomic mass is 16.5. The summed E-state index contributed by atoms with van der Waals surface area (Å²) < 4.78 is 5.72. The largest absolute Gasteiger partial charge is 0.494 e. The van der Waals surface area contributed by atoms with E-state index in [0.717, 1.165) is 38.4 Å². The molecule has 1 aromatic carbocycles. The Labute approximate surface area is 118 Å². The van der Waals surface area contributed by atoms with Gasteiger partial charge >= 0.3 is 0 Å². The van der Waals surface area contributed by atoms with Crippen LogP contribution in [0.15, 0.2) is 24.3 Å². The summed E-state index contributed by atoms with van der Waals surface area (Å²) in [5, 5.41) is 3.52. The second-order valence-electron chi connectivity index (χ2n) is 5.23. The number of benzene rings is 1. The number of ether oxygens (including phenoxy) is 1. The lowest BCUT2D eigenvalue weighted by molar-refractivity contribution is 0.287. The molecule has 0 amide bonds. The maximum absolute atomic E-state index is 5.72. The van der Waals surface area contributed by atoms with E-state index in [-0.39, 0.29) is 0 Å². The van der Waals surface area contributed by atoms with Gasteiger partial charge in [-0.25, -0.2) is 0 Å². The van der Waals surface area contributed by atoms with Crippen molar-refractivity contribution in [2.24, 2.45) is 0 Å². The van der Waals surface area contributed by atoms with Crippen molar-refractivity contribution in [1.29, 1.82) is 0 Å². The van der Waals surface area contributed by atoms with Gasteiger partial charge in [0.05, 0.1) is 6.61 Å². The minimum absolute atomic E-state index is 0.531. The van der Waals surface area contributed by atoms with Gasteiger partial charge in [-0.05, 0) is 58.1 Å². The lowest BCUT2D eigenvalue weighted by Crippen LogP contribution is -2.38. The highest BCUT2D eigenvalue weighted by Gasteiger charge is 2.03. The summed E-state index contributed by atoms with van der Waals surface area (Å²) in [5.41, 5.74) is 1.24. The van der Waals surface area contributed by atoms with E-state index >= 15 is 0 Å². The van der Waals surface area contributed by atoms with Gasteiger partial charge in [-0.2, -0.15) is 0 Å². The van der Waals surface area contributed by atoms with Crippen LogP contribution in [0.2, 0.25) is 0 Å². The Morgan fingerprint density at radius 1 is 1.37 bits per heavy atom. The molecule has 0 aromatic heterocycles. The molecule has 19 heavy (non-hydrogen) atoms. The van der Waals surface area contributed by atoms with Crippen LogP contribution in [0.4, 0.5) is 0 Å². The molecule has 1 aromatic rings. The topological polar surface area (TPSA) is 24.5 Å². The molecule has 0 heterocycles. The number of aryl methyl sites for hydroxylation is 1. The standard InChI is InChI=1S/C16H28N2O/c1-5-18(4)13-15(3)17-10-7-11-19-16-9-6-8-14(2)12-16/h6,8-9,12,15,17H,5,7,10-11,13H2,1-4H3. The minimum atomic E-state index is 0.531. The monoisotopic (exact) mass is 264 g/mol. The van der Waals surface area contributed by atoms with Gasteiger partial charge in [0.25, 0.3) is 0 Å². The lowest BCUT2D eigenvalue weighted by Gasteiger charge is -2.20. The third kappa shape index (κ3) is 7.19. The number of likely N-dealkylation sites (N-methyl/N-ethyl adjacent to an activating group) is 1. The van der Waals surface area contributed by atoms with Gasteiger partial charge in [-0.1, -0.05) is 19.1 Å². The summed E-state index contributed by atoms with van der Waals surface area (Å²) in [5.74, 6) is 0.971. The number of rotatable bonds is 9. The summed E-state index contributed by atoms with van der Waals surface area (Å²) in [7, 11) is 2.15. The van der Waals surface area contributed by atoms with Crippen LogP contribution in [-0.4, -0.2) is 44.2 Å². The normalized spacial score (nSPS) is 12.7. The maximum atomic E-state index is 5.72. The van der Waals surface area contributed by atoms with Crippen molar-refractivity contribution in [3.05, 3.63) is 29.8 Å². The van der Waals surface area contributed by atoms with E-state index in [0.29, 0.717) is 6.04 Å². The molecule has 3 nitrogen and oxygen atoms in total. The second-order valence-corrected chi connectivity index (χ2v) is 5.23. The Morgan fingerprint density at radius 3 is 2.84 bits per heavy atom. The summed E-state index contributed by atoms with van der Waals surface area (Å²) in [6, 6.07) is 8.74. The lowest BCUT2D eigenvalue weighted by atomic mass is 10.2. The predicted molar refractivity (Wildman–Crippen MR) is 81.9 cm³/mol.